The van der Waals surface area contributed by atoms with Gasteiger partial charge in [-0.25, -0.2) is 0 Å². The molecule has 1 fully saturated rings. The van der Waals surface area contributed by atoms with Gasteiger partial charge in [0.2, 0.25) is 5.91 Å². The van der Waals surface area contributed by atoms with Crippen LogP contribution in [0.3, 0.4) is 0 Å². The minimum absolute atomic E-state index is 0.0121. The van der Waals surface area contributed by atoms with E-state index in [1.54, 1.807) is 0 Å². The topological polar surface area (TPSA) is 50.4 Å². The van der Waals surface area contributed by atoms with Crippen molar-refractivity contribution in [2.45, 2.75) is 25.4 Å². The highest BCUT2D eigenvalue weighted by Gasteiger charge is 2.13. The maximum Gasteiger partial charge on any atom is 0.226 e. The van der Waals surface area contributed by atoms with Gasteiger partial charge in [-0.05, 0) is 60.7 Å². The second kappa shape index (κ2) is 7.81. The Morgan fingerprint density at radius 1 is 1.37 bits per heavy atom. The molecule has 0 aromatic heterocycles. The van der Waals surface area contributed by atoms with Crippen molar-refractivity contribution in [2.75, 3.05) is 25.0 Å². The molecule has 0 atom stereocenters. The first-order chi connectivity index (χ1) is 9.25. The molecule has 19 heavy (non-hydrogen) atoms. The van der Waals surface area contributed by atoms with E-state index in [4.69, 9.17) is 4.74 Å². The van der Waals surface area contributed by atoms with Crippen LogP contribution in [0.5, 0.6) is 0 Å². The molecule has 1 aliphatic heterocycles. The van der Waals surface area contributed by atoms with Gasteiger partial charge in [-0.15, -0.1) is 0 Å². The third-order valence-electron chi connectivity index (χ3n) is 3.12. The Balaban J connectivity index is 1.68. The van der Waals surface area contributed by atoms with Crippen molar-refractivity contribution in [1.82, 2.24) is 5.32 Å². The van der Waals surface area contributed by atoms with Gasteiger partial charge in [0.25, 0.3) is 0 Å². The second-order valence-corrected chi connectivity index (χ2v) is 5.76. The van der Waals surface area contributed by atoms with E-state index in [0.29, 0.717) is 19.1 Å². The number of hydrogen-bond acceptors (Lipinski definition) is 3. The lowest BCUT2D eigenvalue weighted by molar-refractivity contribution is -0.117. The number of ether oxygens (including phenoxy) is 1. The van der Waals surface area contributed by atoms with E-state index in [1.165, 1.54) is 0 Å². The monoisotopic (exact) mass is 374 g/mol. The van der Waals surface area contributed by atoms with Gasteiger partial charge < -0.3 is 15.4 Å². The summed E-state index contributed by atoms with van der Waals surface area (Å²) in [5.41, 5.74) is 0.870. The molecule has 5 heteroatoms. The molecule has 0 aliphatic carbocycles. The summed E-state index contributed by atoms with van der Waals surface area (Å²) in [6.45, 7) is 2.53. The Hall–Kier alpha value is -0.660. The van der Waals surface area contributed by atoms with Gasteiger partial charge in [0.15, 0.2) is 0 Å². The summed E-state index contributed by atoms with van der Waals surface area (Å²) in [6, 6.07) is 7.76. The number of para-hydroxylation sites is 1. The predicted octanol–water partition coefficient (Wildman–Crippen LogP) is 2.39. The molecule has 2 rings (SSSR count). The Morgan fingerprint density at radius 2 is 2.11 bits per heavy atom. The van der Waals surface area contributed by atoms with Gasteiger partial charge in [-0.3, -0.25) is 4.79 Å². The van der Waals surface area contributed by atoms with Gasteiger partial charge in [0, 0.05) is 3.57 Å². The lowest BCUT2D eigenvalue weighted by atomic mass is 10.1. The minimum Gasteiger partial charge on any atom is -0.378 e. The minimum atomic E-state index is 0.0121. The molecule has 2 N–H and O–H groups in total. The number of carbonyl (C=O) groups is 1. The third kappa shape index (κ3) is 5.08. The molecule has 0 spiro atoms. The average Bonchev–Trinajstić information content (AvgIpc) is 2.43. The van der Waals surface area contributed by atoms with E-state index >= 15 is 0 Å². The summed E-state index contributed by atoms with van der Waals surface area (Å²) in [5, 5.41) is 6.20. The van der Waals surface area contributed by atoms with Gasteiger partial charge in [0.1, 0.15) is 0 Å². The summed E-state index contributed by atoms with van der Waals surface area (Å²) in [7, 11) is 0. The zero-order valence-electron chi connectivity index (χ0n) is 10.8. The second-order valence-electron chi connectivity index (χ2n) is 4.60. The van der Waals surface area contributed by atoms with Crippen LogP contribution in [-0.2, 0) is 9.53 Å². The molecule has 0 bridgehead atoms. The number of piperidine rings is 1. The van der Waals surface area contributed by atoms with Gasteiger partial charge in [-0.2, -0.15) is 0 Å². The number of carbonyl (C=O) groups excluding carboxylic acids is 1. The summed E-state index contributed by atoms with van der Waals surface area (Å²) >= 11 is 2.21. The third-order valence-corrected chi connectivity index (χ3v) is 4.06. The fourth-order valence-corrected chi connectivity index (χ4v) is 2.58. The zero-order valence-corrected chi connectivity index (χ0v) is 13.0. The van der Waals surface area contributed by atoms with E-state index in [9.17, 15) is 4.79 Å². The van der Waals surface area contributed by atoms with Crippen LogP contribution in [0, 0.1) is 3.57 Å². The molecule has 4 nitrogen and oxygen atoms in total. The number of nitrogens with one attached hydrogen (secondary N) is 2. The lowest BCUT2D eigenvalue weighted by Gasteiger charge is -2.22. The number of halogens is 1. The first kappa shape index (κ1) is 14.7. The smallest absolute Gasteiger partial charge is 0.226 e. The fraction of sp³-hybridized carbons (Fsp3) is 0.500. The van der Waals surface area contributed by atoms with Crippen molar-refractivity contribution < 1.29 is 9.53 Å². The highest BCUT2D eigenvalue weighted by molar-refractivity contribution is 14.1. The van der Waals surface area contributed by atoms with Gasteiger partial charge in [-0.1, -0.05) is 12.1 Å². The molecule has 1 aromatic carbocycles. The molecular formula is C14H19IN2O2. The van der Waals surface area contributed by atoms with Crippen molar-refractivity contribution in [3.63, 3.8) is 0 Å². The molecule has 104 valence electrons. The first-order valence-electron chi connectivity index (χ1n) is 6.62. The quantitative estimate of drug-likeness (QED) is 0.779. The van der Waals surface area contributed by atoms with Crippen molar-refractivity contribution in [3.8, 4) is 0 Å². The van der Waals surface area contributed by atoms with Gasteiger partial charge in [0.05, 0.1) is 24.8 Å². The largest absolute Gasteiger partial charge is 0.378 e. The van der Waals surface area contributed by atoms with Crippen LogP contribution in [0.4, 0.5) is 5.69 Å². The van der Waals surface area contributed by atoms with Crippen LogP contribution < -0.4 is 10.6 Å². The van der Waals surface area contributed by atoms with Crippen molar-refractivity contribution in [3.05, 3.63) is 27.8 Å². The molecule has 1 saturated heterocycles. The van der Waals surface area contributed by atoms with Crippen LogP contribution in [0.1, 0.15) is 19.3 Å². The molecular weight excluding hydrogens is 355 g/mol. The lowest BCUT2D eigenvalue weighted by Crippen LogP contribution is -2.33. The van der Waals surface area contributed by atoms with E-state index in [0.717, 1.165) is 35.2 Å². The number of benzene rings is 1. The highest BCUT2D eigenvalue weighted by atomic mass is 127. The summed E-state index contributed by atoms with van der Waals surface area (Å²) in [5.74, 6) is 0.0121. The van der Waals surface area contributed by atoms with E-state index < -0.39 is 0 Å². The van der Waals surface area contributed by atoms with Crippen LogP contribution >= 0.6 is 22.6 Å². The Labute approximate surface area is 127 Å². The van der Waals surface area contributed by atoms with Crippen LogP contribution in [-0.4, -0.2) is 31.7 Å². The Morgan fingerprint density at radius 3 is 2.84 bits per heavy atom. The summed E-state index contributed by atoms with van der Waals surface area (Å²) in [4.78, 5) is 11.8. The van der Waals surface area contributed by atoms with Crippen LogP contribution in [0.25, 0.3) is 0 Å². The number of hydrogen-bond donors (Lipinski definition) is 2. The molecule has 0 unspecified atom stereocenters. The fourth-order valence-electron chi connectivity index (χ4n) is 2.06. The average molecular weight is 374 g/mol. The zero-order chi connectivity index (χ0) is 13.5. The molecule has 1 aliphatic rings. The van der Waals surface area contributed by atoms with Crippen molar-refractivity contribution >= 4 is 34.2 Å². The van der Waals surface area contributed by atoms with Crippen LogP contribution in [0.15, 0.2) is 24.3 Å². The molecule has 1 amide bonds. The van der Waals surface area contributed by atoms with Crippen molar-refractivity contribution in [1.29, 1.82) is 0 Å². The first-order valence-corrected chi connectivity index (χ1v) is 7.70. The van der Waals surface area contributed by atoms with E-state index in [-0.39, 0.29) is 5.91 Å². The molecule has 0 radical (unpaired) electrons. The maximum absolute atomic E-state index is 11.8. The summed E-state index contributed by atoms with van der Waals surface area (Å²) in [6.07, 6.45) is 2.80. The SMILES string of the molecule is O=C(CCOC1CCNCC1)Nc1ccccc1I. The number of rotatable bonds is 5. The number of amides is 1. The normalized spacial score (nSPS) is 16.3. The highest BCUT2D eigenvalue weighted by Crippen LogP contribution is 2.17. The Kier molecular flexibility index (Phi) is 6.06. The number of anilines is 1. The van der Waals surface area contributed by atoms with E-state index in [2.05, 4.69) is 33.2 Å². The predicted molar refractivity (Wildman–Crippen MR) is 84.2 cm³/mol. The summed E-state index contributed by atoms with van der Waals surface area (Å²) < 4.78 is 6.77. The van der Waals surface area contributed by atoms with E-state index in [1.807, 2.05) is 24.3 Å². The van der Waals surface area contributed by atoms with Crippen LogP contribution in [0.2, 0.25) is 0 Å². The molecule has 0 saturated carbocycles. The molecule has 1 aromatic rings. The standard InChI is InChI=1S/C14H19IN2O2/c15-12-3-1-2-4-13(12)17-14(18)7-10-19-11-5-8-16-9-6-11/h1-4,11,16H,5-10H2,(H,17,18). The molecule has 1 heterocycles. The van der Waals surface area contributed by atoms with Crippen molar-refractivity contribution in [2.24, 2.45) is 0 Å². The Bertz CT molecular complexity index is 420. The van der Waals surface area contributed by atoms with Gasteiger partial charge >= 0.3 is 0 Å². The maximum atomic E-state index is 11.8.